The van der Waals surface area contributed by atoms with Gasteiger partial charge in [0.05, 0.1) is 17.3 Å². The van der Waals surface area contributed by atoms with Crippen LogP contribution in [0.2, 0.25) is 0 Å². The molecule has 5 nitrogen and oxygen atoms in total. The third-order valence-electron chi connectivity index (χ3n) is 6.65. The molecule has 172 valence electrons. The molecule has 1 aromatic heterocycles. The molecule has 1 aliphatic heterocycles. The highest BCUT2D eigenvalue weighted by molar-refractivity contribution is 5.44. The fourth-order valence-electron chi connectivity index (χ4n) is 4.90. The average Bonchev–Trinajstić information content (AvgIpc) is 2.88. The molecule has 1 N–H and O–H groups in total. The lowest BCUT2D eigenvalue weighted by atomic mass is 9.97. The maximum atomic E-state index is 14.0. The quantitative estimate of drug-likeness (QED) is 0.459. The fourth-order valence-corrected chi connectivity index (χ4v) is 4.90. The summed E-state index contributed by atoms with van der Waals surface area (Å²) in [6.07, 6.45) is 0.794. The lowest BCUT2D eigenvalue weighted by Crippen LogP contribution is -2.40. The van der Waals surface area contributed by atoms with E-state index in [0.717, 1.165) is 53.4 Å². The van der Waals surface area contributed by atoms with Crippen LogP contribution in [0, 0.1) is 6.92 Å². The Hall–Kier alpha value is -3.70. The second kappa shape index (κ2) is 9.65. The lowest BCUT2D eigenvalue weighted by Gasteiger charge is -2.30. The lowest BCUT2D eigenvalue weighted by molar-refractivity contribution is 0.240. The molecule has 0 unspecified atom stereocenters. The second-order valence-corrected chi connectivity index (χ2v) is 8.89. The summed E-state index contributed by atoms with van der Waals surface area (Å²) >= 11 is 0. The Morgan fingerprint density at radius 2 is 1.53 bits per heavy atom. The minimum atomic E-state index is -0.211. The van der Waals surface area contributed by atoms with Gasteiger partial charge in [-0.25, -0.2) is 4.98 Å². The molecule has 0 atom stereocenters. The Kier molecular flexibility index (Phi) is 6.28. The number of anilines is 1. The highest BCUT2D eigenvalue weighted by atomic mass is 16.1. The summed E-state index contributed by atoms with van der Waals surface area (Å²) in [6.45, 7) is 4.29. The summed E-state index contributed by atoms with van der Waals surface area (Å²) < 4.78 is 1.88. The highest BCUT2D eigenvalue weighted by Crippen LogP contribution is 2.27. The Morgan fingerprint density at radius 3 is 2.12 bits per heavy atom. The Bertz CT molecular complexity index is 1270. The third-order valence-corrected chi connectivity index (χ3v) is 6.65. The van der Waals surface area contributed by atoms with Gasteiger partial charge in [0.2, 0.25) is 0 Å². The molecule has 0 saturated carbocycles. The van der Waals surface area contributed by atoms with Crippen LogP contribution >= 0.6 is 0 Å². The molecule has 4 aromatic rings. The van der Waals surface area contributed by atoms with Crippen molar-refractivity contribution in [3.8, 4) is 0 Å². The van der Waals surface area contributed by atoms with Crippen molar-refractivity contribution in [3.05, 3.63) is 129 Å². The van der Waals surface area contributed by atoms with Crippen LogP contribution in [-0.2, 0) is 19.5 Å². The van der Waals surface area contributed by atoms with Gasteiger partial charge in [0.25, 0.3) is 5.56 Å². The standard InChI is InChI=1S/C29H30N4O/c1-21-31-27-17-18-32(19-22-13-15-25(30-2)16-14-22)20-26(27)29(34)33(21)28(23-9-5-3-6-10-23)24-11-7-4-8-12-24/h3-16,28,30H,17-20H2,1-2H3. The van der Waals surface area contributed by atoms with E-state index >= 15 is 0 Å². The SMILES string of the molecule is CNc1ccc(CN2CCc3nc(C)n(C(c4ccccc4)c4ccccc4)c(=O)c3C2)cc1. The van der Waals surface area contributed by atoms with Crippen molar-refractivity contribution in [2.45, 2.75) is 32.5 Å². The van der Waals surface area contributed by atoms with E-state index in [-0.39, 0.29) is 11.6 Å². The molecule has 0 bridgehead atoms. The summed E-state index contributed by atoms with van der Waals surface area (Å²) in [5, 5.41) is 3.16. The van der Waals surface area contributed by atoms with E-state index in [1.165, 1.54) is 5.56 Å². The third kappa shape index (κ3) is 4.39. The van der Waals surface area contributed by atoms with Crippen molar-refractivity contribution in [3.63, 3.8) is 0 Å². The molecule has 5 rings (SSSR count). The maximum absolute atomic E-state index is 14.0. The maximum Gasteiger partial charge on any atom is 0.259 e. The largest absolute Gasteiger partial charge is 0.388 e. The van der Waals surface area contributed by atoms with Gasteiger partial charge in [-0.3, -0.25) is 14.3 Å². The zero-order valence-electron chi connectivity index (χ0n) is 19.7. The van der Waals surface area contributed by atoms with Crippen LogP contribution in [0.15, 0.2) is 89.7 Å². The molecule has 0 radical (unpaired) electrons. The Morgan fingerprint density at radius 1 is 0.912 bits per heavy atom. The normalized spacial score (nSPS) is 13.6. The molecular formula is C29H30N4O. The molecular weight excluding hydrogens is 420 g/mol. The van der Waals surface area contributed by atoms with Crippen molar-refractivity contribution < 1.29 is 0 Å². The molecule has 0 saturated heterocycles. The summed E-state index contributed by atoms with van der Waals surface area (Å²) in [4.78, 5) is 21.3. The van der Waals surface area contributed by atoms with Gasteiger partial charge in [0.1, 0.15) is 5.82 Å². The summed E-state index contributed by atoms with van der Waals surface area (Å²) in [7, 11) is 1.93. The highest BCUT2D eigenvalue weighted by Gasteiger charge is 2.26. The molecule has 1 aliphatic rings. The fraction of sp³-hybridized carbons (Fsp3) is 0.241. The van der Waals surface area contributed by atoms with Gasteiger partial charge in [0.15, 0.2) is 0 Å². The predicted molar refractivity (Wildman–Crippen MR) is 137 cm³/mol. The molecule has 0 amide bonds. The number of fused-ring (bicyclic) bond motifs is 1. The van der Waals surface area contributed by atoms with Crippen molar-refractivity contribution in [2.75, 3.05) is 18.9 Å². The zero-order valence-corrected chi connectivity index (χ0v) is 19.7. The number of nitrogens with one attached hydrogen (secondary N) is 1. The number of hydrogen-bond acceptors (Lipinski definition) is 4. The van der Waals surface area contributed by atoms with Gasteiger partial charge in [-0.2, -0.15) is 0 Å². The topological polar surface area (TPSA) is 50.2 Å². The van der Waals surface area contributed by atoms with Crippen LogP contribution in [-0.4, -0.2) is 28.0 Å². The predicted octanol–water partition coefficient (Wildman–Crippen LogP) is 4.79. The van der Waals surface area contributed by atoms with Crippen LogP contribution in [0.25, 0.3) is 0 Å². The van der Waals surface area contributed by atoms with Gasteiger partial charge in [-0.1, -0.05) is 72.8 Å². The Balaban J connectivity index is 1.52. The van der Waals surface area contributed by atoms with Gasteiger partial charge in [-0.05, 0) is 35.7 Å². The van der Waals surface area contributed by atoms with E-state index in [9.17, 15) is 4.79 Å². The van der Waals surface area contributed by atoms with Crippen LogP contribution < -0.4 is 10.9 Å². The smallest absolute Gasteiger partial charge is 0.259 e. The van der Waals surface area contributed by atoms with Crippen molar-refractivity contribution in [2.24, 2.45) is 0 Å². The number of aromatic nitrogens is 2. The Labute approximate surface area is 200 Å². The number of nitrogens with zero attached hydrogens (tertiary/aromatic N) is 3. The monoisotopic (exact) mass is 450 g/mol. The minimum Gasteiger partial charge on any atom is -0.388 e. The van der Waals surface area contributed by atoms with E-state index < -0.39 is 0 Å². The minimum absolute atomic E-state index is 0.0652. The molecule has 0 fully saturated rings. The van der Waals surface area contributed by atoms with E-state index in [0.29, 0.717) is 6.54 Å². The molecule has 0 spiro atoms. The average molecular weight is 451 g/mol. The van der Waals surface area contributed by atoms with Crippen LogP contribution in [0.3, 0.4) is 0 Å². The van der Waals surface area contributed by atoms with E-state index in [4.69, 9.17) is 4.98 Å². The first-order valence-electron chi connectivity index (χ1n) is 11.8. The number of aryl methyl sites for hydroxylation is 1. The summed E-state index contributed by atoms with van der Waals surface area (Å²) in [6, 6.07) is 28.7. The van der Waals surface area contributed by atoms with Crippen molar-refractivity contribution in [1.29, 1.82) is 0 Å². The number of hydrogen-bond donors (Lipinski definition) is 1. The van der Waals surface area contributed by atoms with E-state index in [1.807, 2.05) is 54.9 Å². The van der Waals surface area contributed by atoms with Gasteiger partial charge in [-0.15, -0.1) is 0 Å². The van der Waals surface area contributed by atoms with Crippen molar-refractivity contribution in [1.82, 2.24) is 14.5 Å². The van der Waals surface area contributed by atoms with Gasteiger partial charge >= 0.3 is 0 Å². The second-order valence-electron chi connectivity index (χ2n) is 8.89. The molecule has 3 aromatic carbocycles. The van der Waals surface area contributed by atoms with Gasteiger partial charge < -0.3 is 5.32 Å². The summed E-state index contributed by atoms with van der Waals surface area (Å²) in [5.74, 6) is 0.762. The zero-order chi connectivity index (χ0) is 23.5. The number of rotatable bonds is 6. The first kappa shape index (κ1) is 22.1. The van der Waals surface area contributed by atoms with E-state index in [1.54, 1.807) is 0 Å². The van der Waals surface area contributed by atoms with Crippen LogP contribution in [0.1, 0.15) is 39.8 Å². The molecule has 5 heteroatoms. The molecule has 2 heterocycles. The van der Waals surface area contributed by atoms with E-state index in [2.05, 4.69) is 58.7 Å². The van der Waals surface area contributed by atoms with Crippen LogP contribution in [0.5, 0.6) is 0 Å². The number of benzene rings is 3. The van der Waals surface area contributed by atoms with Gasteiger partial charge in [0, 0.05) is 38.8 Å². The molecule has 34 heavy (non-hydrogen) atoms. The van der Waals surface area contributed by atoms with Crippen molar-refractivity contribution >= 4 is 5.69 Å². The summed E-state index contributed by atoms with van der Waals surface area (Å²) in [5.41, 5.74) is 6.34. The first-order chi connectivity index (χ1) is 16.6. The molecule has 0 aliphatic carbocycles. The van der Waals surface area contributed by atoms with Crippen LogP contribution in [0.4, 0.5) is 5.69 Å². The first-order valence-corrected chi connectivity index (χ1v) is 11.8.